The number of aliphatic hydroxyl groups is 1. The third-order valence-electron chi connectivity index (χ3n) is 3.29. The Morgan fingerprint density at radius 3 is 2.95 bits per heavy atom. The molecule has 2 heterocycles. The first-order valence-corrected chi connectivity index (χ1v) is 6.92. The fourth-order valence-electron chi connectivity index (χ4n) is 2.31. The molecule has 5 nitrogen and oxygen atoms in total. The number of carbonyl (C=O) groups is 1. The average Bonchev–Trinajstić information content (AvgIpc) is 2.86. The van der Waals surface area contributed by atoms with E-state index in [2.05, 4.69) is 4.98 Å². The number of carbonyl (C=O) groups excluding carboxylic acids is 1. The number of amides is 1. The summed E-state index contributed by atoms with van der Waals surface area (Å²) in [5, 5.41) is 9.16. The van der Waals surface area contributed by atoms with Crippen molar-refractivity contribution < 1.29 is 14.6 Å². The lowest BCUT2D eigenvalue weighted by atomic mass is 10.0. The van der Waals surface area contributed by atoms with Crippen LogP contribution in [-0.4, -0.2) is 39.8 Å². The second-order valence-corrected chi connectivity index (χ2v) is 6.16. The van der Waals surface area contributed by atoms with Crippen molar-refractivity contribution in [2.75, 3.05) is 13.1 Å². The second-order valence-electron chi connectivity index (χ2n) is 6.16. The molecule has 110 valence electrons. The molecule has 0 saturated carbocycles. The van der Waals surface area contributed by atoms with Crippen molar-refractivity contribution >= 4 is 6.09 Å². The summed E-state index contributed by atoms with van der Waals surface area (Å²) in [4.78, 5) is 18.1. The molecular formula is C15H22N2O3. The highest BCUT2D eigenvalue weighted by Gasteiger charge is 2.31. The minimum Gasteiger partial charge on any atom is -0.444 e. The predicted molar refractivity (Wildman–Crippen MR) is 75.3 cm³/mol. The van der Waals surface area contributed by atoms with E-state index >= 15 is 0 Å². The van der Waals surface area contributed by atoms with Gasteiger partial charge in [0.1, 0.15) is 5.60 Å². The number of pyridine rings is 1. The highest BCUT2D eigenvalue weighted by molar-refractivity contribution is 5.68. The minimum absolute atomic E-state index is 0.0119. The summed E-state index contributed by atoms with van der Waals surface area (Å²) in [7, 11) is 0. The molecule has 1 N–H and O–H groups in total. The van der Waals surface area contributed by atoms with E-state index in [1.54, 1.807) is 17.2 Å². The lowest BCUT2D eigenvalue weighted by Crippen LogP contribution is -2.35. The van der Waals surface area contributed by atoms with Crippen LogP contribution in [0, 0.1) is 0 Å². The van der Waals surface area contributed by atoms with E-state index in [1.165, 1.54) is 0 Å². The number of rotatable bonds is 2. The lowest BCUT2D eigenvalue weighted by Gasteiger charge is -2.24. The summed E-state index contributed by atoms with van der Waals surface area (Å²) in [6.07, 6.45) is 2.32. The Bertz CT molecular complexity index is 482. The zero-order valence-electron chi connectivity index (χ0n) is 12.3. The van der Waals surface area contributed by atoms with Crippen LogP contribution in [0.1, 0.15) is 44.4 Å². The fraction of sp³-hybridized carbons (Fsp3) is 0.600. The maximum atomic E-state index is 12.0. The lowest BCUT2D eigenvalue weighted by molar-refractivity contribution is 0.0292. The molecule has 5 heteroatoms. The van der Waals surface area contributed by atoms with Gasteiger partial charge in [-0.3, -0.25) is 4.98 Å². The van der Waals surface area contributed by atoms with Crippen LogP contribution in [0.5, 0.6) is 0 Å². The molecule has 0 aliphatic carbocycles. The van der Waals surface area contributed by atoms with E-state index in [-0.39, 0.29) is 18.6 Å². The standard InChI is InChI=1S/C15H22N2O3/c1-15(2,3)20-14(19)17-7-5-12(9-17)13-8-11(10-18)4-6-16-13/h4,6,8,12,18H,5,7,9-10H2,1-3H3. The van der Waals surface area contributed by atoms with Crippen LogP contribution >= 0.6 is 0 Å². The Hall–Kier alpha value is -1.62. The molecule has 1 aromatic heterocycles. The molecule has 1 unspecified atom stereocenters. The van der Waals surface area contributed by atoms with Crippen molar-refractivity contribution in [2.24, 2.45) is 0 Å². The minimum atomic E-state index is -0.468. The van der Waals surface area contributed by atoms with Gasteiger partial charge in [-0.2, -0.15) is 0 Å². The molecule has 1 aliphatic rings. The molecule has 0 aromatic carbocycles. The predicted octanol–water partition coefficient (Wildman–Crippen LogP) is 2.30. The van der Waals surface area contributed by atoms with Gasteiger partial charge in [0.05, 0.1) is 6.61 Å². The molecule has 1 amide bonds. The van der Waals surface area contributed by atoms with Gasteiger partial charge in [0.25, 0.3) is 0 Å². The highest BCUT2D eigenvalue weighted by Crippen LogP contribution is 2.27. The third kappa shape index (κ3) is 3.70. The SMILES string of the molecule is CC(C)(C)OC(=O)N1CCC(c2cc(CO)ccn2)C1. The van der Waals surface area contributed by atoms with Gasteiger partial charge in [-0.15, -0.1) is 0 Å². The van der Waals surface area contributed by atoms with E-state index in [9.17, 15) is 4.79 Å². The molecule has 0 radical (unpaired) electrons. The molecule has 1 saturated heterocycles. The first-order valence-electron chi connectivity index (χ1n) is 6.92. The van der Waals surface area contributed by atoms with Crippen LogP contribution < -0.4 is 0 Å². The van der Waals surface area contributed by atoms with Crippen LogP contribution in [0.15, 0.2) is 18.3 Å². The maximum absolute atomic E-state index is 12.0. The van der Waals surface area contributed by atoms with Crippen molar-refractivity contribution in [3.05, 3.63) is 29.6 Å². The third-order valence-corrected chi connectivity index (χ3v) is 3.29. The maximum Gasteiger partial charge on any atom is 0.410 e. The Labute approximate surface area is 119 Å². The van der Waals surface area contributed by atoms with Gasteiger partial charge >= 0.3 is 6.09 Å². The molecule has 1 aromatic rings. The Morgan fingerprint density at radius 2 is 2.30 bits per heavy atom. The number of hydrogen-bond donors (Lipinski definition) is 1. The number of ether oxygens (including phenoxy) is 1. The van der Waals surface area contributed by atoms with Crippen LogP contribution in [0.4, 0.5) is 4.79 Å². The summed E-state index contributed by atoms with van der Waals surface area (Å²) < 4.78 is 5.38. The van der Waals surface area contributed by atoms with E-state index in [1.807, 2.05) is 26.8 Å². The summed E-state index contributed by atoms with van der Waals surface area (Å²) in [5.74, 6) is 0.217. The fourth-order valence-corrected chi connectivity index (χ4v) is 2.31. The average molecular weight is 278 g/mol. The van der Waals surface area contributed by atoms with E-state index in [4.69, 9.17) is 9.84 Å². The van der Waals surface area contributed by atoms with Crippen LogP contribution in [-0.2, 0) is 11.3 Å². The largest absolute Gasteiger partial charge is 0.444 e. The second kappa shape index (κ2) is 5.79. The van der Waals surface area contributed by atoms with E-state index in [0.717, 1.165) is 17.7 Å². The molecule has 0 spiro atoms. The van der Waals surface area contributed by atoms with Crippen molar-refractivity contribution in [3.8, 4) is 0 Å². The summed E-state index contributed by atoms with van der Waals surface area (Å²) in [5.41, 5.74) is 1.32. The van der Waals surface area contributed by atoms with Gasteiger partial charge in [0, 0.05) is 30.9 Å². The zero-order chi connectivity index (χ0) is 14.8. The topological polar surface area (TPSA) is 62.7 Å². The van der Waals surface area contributed by atoms with Crippen molar-refractivity contribution in [3.63, 3.8) is 0 Å². The number of nitrogens with zero attached hydrogens (tertiary/aromatic N) is 2. The molecule has 20 heavy (non-hydrogen) atoms. The number of hydrogen-bond acceptors (Lipinski definition) is 4. The van der Waals surface area contributed by atoms with E-state index < -0.39 is 5.60 Å². The molecule has 2 rings (SSSR count). The molecule has 1 aliphatic heterocycles. The number of aromatic nitrogens is 1. The Balaban J connectivity index is 1.99. The first-order chi connectivity index (χ1) is 9.39. The van der Waals surface area contributed by atoms with Crippen LogP contribution in [0.25, 0.3) is 0 Å². The number of aliphatic hydroxyl groups excluding tert-OH is 1. The Morgan fingerprint density at radius 1 is 1.55 bits per heavy atom. The van der Waals surface area contributed by atoms with Crippen molar-refractivity contribution in [1.82, 2.24) is 9.88 Å². The van der Waals surface area contributed by atoms with E-state index in [0.29, 0.717) is 13.1 Å². The van der Waals surface area contributed by atoms with Gasteiger partial charge in [0.15, 0.2) is 0 Å². The highest BCUT2D eigenvalue weighted by atomic mass is 16.6. The normalized spacial score (nSPS) is 19.2. The van der Waals surface area contributed by atoms with Gasteiger partial charge in [0.2, 0.25) is 0 Å². The summed E-state index contributed by atoms with van der Waals surface area (Å²) in [6.45, 7) is 6.92. The molecule has 0 bridgehead atoms. The monoisotopic (exact) mass is 278 g/mol. The Kier molecular flexibility index (Phi) is 4.28. The van der Waals surface area contributed by atoms with Crippen LogP contribution in [0.3, 0.4) is 0 Å². The van der Waals surface area contributed by atoms with Crippen LogP contribution in [0.2, 0.25) is 0 Å². The quantitative estimate of drug-likeness (QED) is 0.901. The number of likely N-dealkylation sites (tertiary alicyclic amines) is 1. The first kappa shape index (κ1) is 14.8. The van der Waals surface area contributed by atoms with Gasteiger partial charge in [-0.25, -0.2) is 4.79 Å². The van der Waals surface area contributed by atoms with Gasteiger partial charge in [-0.05, 0) is 44.9 Å². The zero-order valence-corrected chi connectivity index (χ0v) is 12.3. The summed E-state index contributed by atoms with van der Waals surface area (Å²) in [6, 6.07) is 3.70. The van der Waals surface area contributed by atoms with Crippen molar-refractivity contribution in [2.45, 2.75) is 45.3 Å². The molecule has 1 atom stereocenters. The summed E-state index contributed by atoms with van der Waals surface area (Å²) >= 11 is 0. The van der Waals surface area contributed by atoms with Crippen molar-refractivity contribution in [1.29, 1.82) is 0 Å². The van der Waals surface area contributed by atoms with Gasteiger partial charge < -0.3 is 14.7 Å². The van der Waals surface area contributed by atoms with Gasteiger partial charge in [-0.1, -0.05) is 0 Å². The molecule has 1 fully saturated rings. The smallest absolute Gasteiger partial charge is 0.410 e. The molecular weight excluding hydrogens is 256 g/mol.